The van der Waals surface area contributed by atoms with Gasteiger partial charge in [0.1, 0.15) is 0 Å². The van der Waals surface area contributed by atoms with E-state index in [4.69, 9.17) is 4.52 Å². The first-order valence-electron chi connectivity index (χ1n) is 8.45. The molecular weight excluding hydrogens is 280 g/mol. The van der Waals surface area contributed by atoms with Gasteiger partial charge in [-0.25, -0.2) is 0 Å². The molecule has 2 heterocycles. The number of nitrogens with zero attached hydrogens (tertiary/aromatic N) is 4. The molecule has 2 fully saturated rings. The van der Waals surface area contributed by atoms with Gasteiger partial charge in [-0.2, -0.15) is 4.98 Å². The van der Waals surface area contributed by atoms with Crippen LogP contribution in [0.15, 0.2) is 4.52 Å². The van der Waals surface area contributed by atoms with Crippen molar-refractivity contribution in [1.29, 1.82) is 0 Å². The van der Waals surface area contributed by atoms with Gasteiger partial charge in [0.05, 0.1) is 6.04 Å². The molecule has 1 aromatic heterocycles. The van der Waals surface area contributed by atoms with E-state index in [1.54, 1.807) is 18.9 Å². The zero-order chi connectivity index (χ0) is 15.5. The second kappa shape index (κ2) is 6.77. The van der Waals surface area contributed by atoms with Crippen molar-refractivity contribution in [3.63, 3.8) is 0 Å². The van der Waals surface area contributed by atoms with Gasteiger partial charge in [-0.05, 0) is 32.2 Å². The van der Waals surface area contributed by atoms with Gasteiger partial charge < -0.3 is 9.42 Å². The van der Waals surface area contributed by atoms with E-state index in [0.29, 0.717) is 30.9 Å². The van der Waals surface area contributed by atoms with Crippen molar-refractivity contribution in [3.05, 3.63) is 11.7 Å². The van der Waals surface area contributed by atoms with Gasteiger partial charge >= 0.3 is 0 Å². The fourth-order valence-corrected chi connectivity index (χ4v) is 3.66. The molecule has 0 N–H and O–H groups in total. The van der Waals surface area contributed by atoms with Crippen LogP contribution >= 0.6 is 0 Å². The summed E-state index contributed by atoms with van der Waals surface area (Å²) in [6.07, 6.45) is 8.29. The Hall–Kier alpha value is -1.43. The standard InChI is InChI=1S/C16H26N4O2/c1-12(21)19(2)11-9-15-17-16(22-18-15)14-8-5-10-20(14)13-6-3-4-7-13/h13-14H,3-11H2,1-2H3. The fraction of sp³-hybridized carbons (Fsp3) is 0.812. The van der Waals surface area contributed by atoms with Crippen molar-refractivity contribution in [3.8, 4) is 0 Å². The fourth-order valence-electron chi connectivity index (χ4n) is 3.66. The maximum atomic E-state index is 11.2. The Morgan fingerprint density at radius 2 is 2.09 bits per heavy atom. The Kier molecular flexibility index (Phi) is 4.76. The SMILES string of the molecule is CC(=O)N(C)CCc1noc(C2CCCN2C2CCCC2)n1. The highest BCUT2D eigenvalue weighted by molar-refractivity contribution is 5.72. The van der Waals surface area contributed by atoms with Crippen LogP contribution in [0.25, 0.3) is 0 Å². The molecule has 1 aliphatic carbocycles. The van der Waals surface area contributed by atoms with Gasteiger partial charge in [-0.1, -0.05) is 18.0 Å². The van der Waals surface area contributed by atoms with Crippen LogP contribution in [0.2, 0.25) is 0 Å². The van der Waals surface area contributed by atoms with Crippen LogP contribution < -0.4 is 0 Å². The Morgan fingerprint density at radius 1 is 1.32 bits per heavy atom. The number of likely N-dealkylation sites (N-methyl/N-ethyl adjacent to an activating group) is 1. The van der Waals surface area contributed by atoms with Crippen molar-refractivity contribution in [2.75, 3.05) is 20.1 Å². The molecule has 0 bridgehead atoms. The maximum Gasteiger partial charge on any atom is 0.244 e. The van der Waals surface area contributed by atoms with E-state index in [2.05, 4.69) is 15.0 Å². The summed E-state index contributed by atoms with van der Waals surface area (Å²) in [5.41, 5.74) is 0. The van der Waals surface area contributed by atoms with Gasteiger partial charge in [0, 0.05) is 33.0 Å². The first-order valence-corrected chi connectivity index (χ1v) is 8.45. The number of rotatable bonds is 5. The molecule has 1 amide bonds. The Morgan fingerprint density at radius 3 is 2.82 bits per heavy atom. The van der Waals surface area contributed by atoms with Crippen LogP contribution in [0.5, 0.6) is 0 Å². The molecule has 0 spiro atoms. The summed E-state index contributed by atoms with van der Waals surface area (Å²) in [5.74, 6) is 1.54. The highest BCUT2D eigenvalue weighted by Gasteiger charge is 2.36. The van der Waals surface area contributed by atoms with Crippen LogP contribution in [-0.2, 0) is 11.2 Å². The third-order valence-corrected chi connectivity index (χ3v) is 5.07. The van der Waals surface area contributed by atoms with Crippen LogP contribution in [0.3, 0.4) is 0 Å². The Bertz CT molecular complexity index is 510. The molecule has 2 aliphatic rings. The smallest absolute Gasteiger partial charge is 0.244 e. The lowest BCUT2D eigenvalue weighted by Crippen LogP contribution is -2.32. The lowest BCUT2D eigenvalue weighted by molar-refractivity contribution is -0.127. The molecule has 22 heavy (non-hydrogen) atoms. The average Bonchev–Trinajstić information content (AvgIpc) is 3.22. The number of amides is 1. The molecule has 1 atom stereocenters. The number of aromatic nitrogens is 2. The topological polar surface area (TPSA) is 62.5 Å². The van der Waals surface area contributed by atoms with E-state index in [1.165, 1.54) is 32.1 Å². The summed E-state index contributed by atoms with van der Waals surface area (Å²) in [7, 11) is 1.79. The predicted octanol–water partition coefficient (Wildman–Crippen LogP) is 2.17. The normalized spacial score (nSPS) is 23.3. The third kappa shape index (κ3) is 3.32. The van der Waals surface area contributed by atoms with E-state index in [0.717, 1.165) is 18.9 Å². The summed E-state index contributed by atoms with van der Waals surface area (Å²) in [6.45, 7) is 3.35. The number of likely N-dealkylation sites (tertiary alicyclic amines) is 1. The van der Waals surface area contributed by atoms with Crippen molar-refractivity contribution in [1.82, 2.24) is 19.9 Å². The lowest BCUT2D eigenvalue weighted by Gasteiger charge is -2.28. The molecule has 1 aromatic rings. The first kappa shape index (κ1) is 15.5. The van der Waals surface area contributed by atoms with Crippen molar-refractivity contribution in [2.45, 2.75) is 64.0 Å². The second-order valence-corrected chi connectivity index (χ2v) is 6.57. The van der Waals surface area contributed by atoms with E-state index >= 15 is 0 Å². The molecule has 122 valence electrons. The Balaban J connectivity index is 1.61. The molecule has 1 saturated carbocycles. The summed E-state index contributed by atoms with van der Waals surface area (Å²) in [5, 5.41) is 4.10. The largest absolute Gasteiger partial charge is 0.346 e. The molecule has 3 rings (SSSR count). The molecule has 6 nitrogen and oxygen atoms in total. The van der Waals surface area contributed by atoms with Gasteiger partial charge in [-0.15, -0.1) is 0 Å². The van der Waals surface area contributed by atoms with Crippen LogP contribution in [0.4, 0.5) is 0 Å². The molecule has 1 saturated heterocycles. The monoisotopic (exact) mass is 306 g/mol. The number of carbonyl (C=O) groups excluding carboxylic acids is 1. The predicted molar refractivity (Wildman–Crippen MR) is 82.3 cm³/mol. The quantitative estimate of drug-likeness (QED) is 0.834. The molecule has 0 radical (unpaired) electrons. The van der Waals surface area contributed by atoms with Crippen LogP contribution in [0, 0.1) is 0 Å². The lowest BCUT2D eigenvalue weighted by atomic mass is 10.1. The number of carbonyl (C=O) groups is 1. The van der Waals surface area contributed by atoms with Crippen molar-refractivity contribution >= 4 is 5.91 Å². The molecule has 0 aromatic carbocycles. The van der Waals surface area contributed by atoms with Gasteiger partial charge in [0.2, 0.25) is 11.8 Å². The van der Waals surface area contributed by atoms with Gasteiger partial charge in [0.25, 0.3) is 0 Å². The second-order valence-electron chi connectivity index (χ2n) is 6.57. The van der Waals surface area contributed by atoms with E-state index in [1.807, 2.05) is 0 Å². The molecule has 1 unspecified atom stereocenters. The summed E-state index contributed by atoms with van der Waals surface area (Å²) in [6, 6.07) is 1.00. The van der Waals surface area contributed by atoms with Crippen LogP contribution in [0.1, 0.15) is 63.2 Å². The highest BCUT2D eigenvalue weighted by Crippen LogP contribution is 2.37. The molecule has 6 heteroatoms. The zero-order valence-corrected chi connectivity index (χ0v) is 13.6. The van der Waals surface area contributed by atoms with Gasteiger partial charge in [-0.3, -0.25) is 9.69 Å². The first-order chi connectivity index (χ1) is 10.6. The molecule has 1 aliphatic heterocycles. The molecular formula is C16H26N4O2. The Labute approximate surface area is 131 Å². The van der Waals surface area contributed by atoms with Gasteiger partial charge in [0.15, 0.2) is 5.82 Å². The van der Waals surface area contributed by atoms with Crippen molar-refractivity contribution < 1.29 is 9.32 Å². The van der Waals surface area contributed by atoms with E-state index in [9.17, 15) is 4.79 Å². The minimum atomic E-state index is 0.0620. The minimum absolute atomic E-state index is 0.0620. The average molecular weight is 306 g/mol. The summed E-state index contributed by atoms with van der Waals surface area (Å²) >= 11 is 0. The van der Waals surface area contributed by atoms with E-state index < -0.39 is 0 Å². The maximum absolute atomic E-state index is 11.2. The minimum Gasteiger partial charge on any atom is -0.346 e. The summed E-state index contributed by atoms with van der Waals surface area (Å²) in [4.78, 5) is 20.1. The third-order valence-electron chi connectivity index (χ3n) is 5.07. The van der Waals surface area contributed by atoms with Crippen molar-refractivity contribution in [2.24, 2.45) is 0 Å². The number of hydrogen-bond acceptors (Lipinski definition) is 5. The zero-order valence-electron chi connectivity index (χ0n) is 13.6. The van der Waals surface area contributed by atoms with E-state index in [-0.39, 0.29) is 5.91 Å². The summed E-state index contributed by atoms with van der Waals surface area (Å²) < 4.78 is 5.52. The number of hydrogen-bond donors (Lipinski definition) is 0. The van der Waals surface area contributed by atoms with Crippen LogP contribution in [-0.4, -0.2) is 52.0 Å². The highest BCUT2D eigenvalue weighted by atomic mass is 16.5.